The molecule has 1 amide bonds. The maximum Gasteiger partial charge on any atom is 0.270 e. The lowest BCUT2D eigenvalue weighted by Crippen LogP contribution is -2.19. The van der Waals surface area contributed by atoms with Crippen LogP contribution in [0.15, 0.2) is 47.3 Å². The Hall–Kier alpha value is -2.22. The van der Waals surface area contributed by atoms with Crippen LogP contribution in [-0.2, 0) is 11.2 Å². The van der Waals surface area contributed by atoms with Crippen LogP contribution in [0.2, 0.25) is 0 Å². The maximum atomic E-state index is 12.1. The molecule has 0 radical (unpaired) electrons. The van der Waals surface area contributed by atoms with Crippen LogP contribution in [0, 0.1) is 10.5 Å². The summed E-state index contributed by atoms with van der Waals surface area (Å²) in [6.45, 7) is 1.95. The van der Waals surface area contributed by atoms with Gasteiger partial charge in [0.15, 0.2) is 0 Å². The summed E-state index contributed by atoms with van der Waals surface area (Å²) >= 11 is 2.23. The van der Waals surface area contributed by atoms with E-state index < -0.39 is 0 Å². The molecule has 0 saturated carbocycles. The average Bonchev–Trinajstić information content (AvgIpc) is 2.55. The van der Waals surface area contributed by atoms with Gasteiger partial charge in [-0.25, -0.2) is 4.98 Å². The standard InChI is InChI=1S/C18H16IN3O2/c1-11-10-12(19)6-7-13(11)21-17(23)9-8-16-18(24)22-15-5-3-2-4-14(15)20-16/h2-7,10H,8-9H2,1H3,(H,21,23)(H,22,24). The summed E-state index contributed by atoms with van der Waals surface area (Å²) in [6.07, 6.45) is 0.509. The van der Waals surface area contributed by atoms with Gasteiger partial charge in [-0.3, -0.25) is 9.59 Å². The molecule has 0 bridgehead atoms. The van der Waals surface area contributed by atoms with E-state index in [1.165, 1.54) is 0 Å². The molecule has 0 saturated heterocycles. The Labute approximate surface area is 152 Å². The molecule has 1 heterocycles. The molecular formula is C18H16IN3O2. The number of nitrogens with zero attached hydrogens (tertiary/aromatic N) is 1. The number of aryl methyl sites for hydroxylation is 2. The molecule has 0 aliphatic rings. The van der Waals surface area contributed by atoms with Gasteiger partial charge in [-0.2, -0.15) is 0 Å². The van der Waals surface area contributed by atoms with Crippen LogP contribution in [0.3, 0.4) is 0 Å². The first kappa shape index (κ1) is 16.6. The summed E-state index contributed by atoms with van der Waals surface area (Å²) in [5.41, 5.74) is 3.36. The number of para-hydroxylation sites is 2. The minimum atomic E-state index is -0.244. The molecule has 24 heavy (non-hydrogen) atoms. The highest BCUT2D eigenvalue weighted by Gasteiger charge is 2.09. The Morgan fingerprint density at radius 2 is 2.04 bits per heavy atom. The summed E-state index contributed by atoms with van der Waals surface area (Å²) in [6, 6.07) is 13.2. The Kier molecular flexibility index (Phi) is 4.94. The molecular weight excluding hydrogens is 417 g/mol. The molecule has 0 atom stereocenters. The minimum Gasteiger partial charge on any atom is -0.326 e. The molecule has 0 spiro atoms. The Morgan fingerprint density at radius 3 is 2.83 bits per heavy atom. The summed E-state index contributed by atoms with van der Waals surface area (Å²) in [5, 5.41) is 2.88. The van der Waals surface area contributed by atoms with Crippen LogP contribution in [0.5, 0.6) is 0 Å². The summed E-state index contributed by atoms with van der Waals surface area (Å²) in [7, 11) is 0. The van der Waals surface area contributed by atoms with Crippen molar-refractivity contribution in [2.45, 2.75) is 19.8 Å². The van der Waals surface area contributed by atoms with Crippen LogP contribution in [0.4, 0.5) is 5.69 Å². The second-order valence-electron chi connectivity index (χ2n) is 5.54. The third-order valence-electron chi connectivity index (χ3n) is 3.72. The topological polar surface area (TPSA) is 74.8 Å². The monoisotopic (exact) mass is 433 g/mol. The smallest absolute Gasteiger partial charge is 0.270 e. The summed E-state index contributed by atoms with van der Waals surface area (Å²) < 4.78 is 1.12. The van der Waals surface area contributed by atoms with Crippen LogP contribution in [0.25, 0.3) is 11.0 Å². The molecule has 2 aromatic carbocycles. The van der Waals surface area contributed by atoms with E-state index in [1.54, 1.807) is 6.07 Å². The van der Waals surface area contributed by atoms with Gasteiger partial charge in [-0.15, -0.1) is 0 Å². The van der Waals surface area contributed by atoms with Gasteiger partial charge in [-0.05, 0) is 65.4 Å². The van der Waals surface area contributed by atoms with E-state index in [0.29, 0.717) is 17.6 Å². The SMILES string of the molecule is Cc1cc(I)ccc1NC(=O)CCc1nc2ccccc2[nH]c1=O. The van der Waals surface area contributed by atoms with Crippen LogP contribution >= 0.6 is 22.6 Å². The van der Waals surface area contributed by atoms with Crippen molar-refractivity contribution < 1.29 is 4.79 Å². The van der Waals surface area contributed by atoms with Crippen molar-refractivity contribution >= 4 is 45.2 Å². The lowest BCUT2D eigenvalue weighted by atomic mass is 10.2. The number of halogens is 1. The Bertz CT molecular complexity index is 966. The number of hydrogen-bond donors (Lipinski definition) is 2. The van der Waals surface area contributed by atoms with E-state index in [0.717, 1.165) is 20.3 Å². The second kappa shape index (κ2) is 7.12. The Morgan fingerprint density at radius 1 is 1.25 bits per heavy atom. The summed E-state index contributed by atoms with van der Waals surface area (Å²) in [4.78, 5) is 31.3. The van der Waals surface area contributed by atoms with Gasteiger partial charge in [0.2, 0.25) is 5.91 Å². The van der Waals surface area contributed by atoms with E-state index in [-0.39, 0.29) is 17.9 Å². The van der Waals surface area contributed by atoms with Crippen LogP contribution in [0.1, 0.15) is 17.7 Å². The molecule has 6 heteroatoms. The molecule has 2 N–H and O–H groups in total. The van der Waals surface area contributed by atoms with Gasteiger partial charge in [0.1, 0.15) is 5.69 Å². The fourth-order valence-electron chi connectivity index (χ4n) is 2.45. The van der Waals surface area contributed by atoms with Crippen LogP contribution in [-0.4, -0.2) is 15.9 Å². The lowest BCUT2D eigenvalue weighted by molar-refractivity contribution is -0.116. The van der Waals surface area contributed by atoms with Crippen molar-refractivity contribution in [1.29, 1.82) is 0 Å². The molecule has 0 fully saturated rings. The Balaban J connectivity index is 1.70. The quantitative estimate of drug-likeness (QED) is 0.620. The molecule has 3 rings (SSSR count). The summed E-state index contributed by atoms with van der Waals surface area (Å²) in [5.74, 6) is -0.131. The van der Waals surface area contributed by atoms with Crippen molar-refractivity contribution in [3.63, 3.8) is 0 Å². The van der Waals surface area contributed by atoms with Crippen LogP contribution < -0.4 is 10.9 Å². The van der Waals surface area contributed by atoms with Gasteiger partial charge in [0, 0.05) is 22.1 Å². The number of nitrogens with one attached hydrogen (secondary N) is 2. The predicted molar refractivity (Wildman–Crippen MR) is 103 cm³/mol. The number of rotatable bonds is 4. The molecule has 0 aliphatic carbocycles. The number of H-pyrrole nitrogens is 1. The second-order valence-corrected chi connectivity index (χ2v) is 6.78. The van der Waals surface area contributed by atoms with Gasteiger partial charge in [0.25, 0.3) is 5.56 Å². The van der Waals surface area contributed by atoms with E-state index in [2.05, 4.69) is 37.9 Å². The maximum absolute atomic E-state index is 12.1. The number of anilines is 1. The van der Waals surface area contributed by atoms with Gasteiger partial charge in [-0.1, -0.05) is 12.1 Å². The highest BCUT2D eigenvalue weighted by Crippen LogP contribution is 2.18. The number of aromatic amines is 1. The predicted octanol–water partition coefficient (Wildman–Crippen LogP) is 3.41. The third-order valence-corrected chi connectivity index (χ3v) is 4.39. The first-order valence-electron chi connectivity index (χ1n) is 7.57. The van der Waals surface area contributed by atoms with E-state index in [4.69, 9.17) is 0 Å². The first-order valence-corrected chi connectivity index (χ1v) is 8.65. The molecule has 3 aromatic rings. The molecule has 0 aliphatic heterocycles. The first-order chi connectivity index (χ1) is 11.5. The number of carbonyl (C=O) groups excluding carboxylic acids is 1. The van der Waals surface area contributed by atoms with Crippen molar-refractivity contribution in [2.75, 3.05) is 5.32 Å². The van der Waals surface area contributed by atoms with E-state index >= 15 is 0 Å². The molecule has 0 unspecified atom stereocenters. The highest BCUT2D eigenvalue weighted by atomic mass is 127. The number of carbonyl (C=O) groups is 1. The van der Waals surface area contributed by atoms with Crippen molar-refractivity contribution in [3.05, 3.63) is 67.6 Å². The largest absolute Gasteiger partial charge is 0.326 e. The lowest BCUT2D eigenvalue weighted by Gasteiger charge is -2.08. The van der Waals surface area contributed by atoms with E-state index in [1.807, 2.05) is 43.3 Å². The van der Waals surface area contributed by atoms with E-state index in [9.17, 15) is 9.59 Å². The van der Waals surface area contributed by atoms with Gasteiger partial charge < -0.3 is 10.3 Å². The minimum absolute atomic E-state index is 0.131. The zero-order valence-corrected chi connectivity index (χ0v) is 15.3. The average molecular weight is 433 g/mol. The fourth-order valence-corrected chi connectivity index (χ4v) is 3.10. The van der Waals surface area contributed by atoms with Crippen molar-refractivity contribution in [3.8, 4) is 0 Å². The molecule has 1 aromatic heterocycles. The number of amides is 1. The molecule has 5 nitrogen and oxygen atoms in total. The van der Waals surface area contributed by atoms with Gasteiger partial charge in [0.05, 0.1) is 11.0 Å². The number of fused-ring (bicyclic) bond motifs is 1. The zero-order chi connectivity index (χ0) is 17.1. The van der Waals surface area contributed by atoms with Gasteiger partial charge >= 0.3 is 0 Å². The highest BCUT2D eigenvalue weighted by molar-refractivity contribution is 14.1. The fraction of sp³-hybridized carbons (Fsp3) is 0.167. The van der Waals surface area contributed by atoms with Crippen molar-refractivity contribution in [1.82, 2.24) is 9.97 Å². The number of hydrogen-bond acceptors (Lipinski definition) is 3. The number of benzene rings is 2. The molecule has 122 valence electrons. The normalized spacial score (nSPS) is 10.8. The van der Waals surface area contributed by atoms with Crippen molar-refractivity contribution in [2.24, 2.45) is 0 Å². The third kappa shape index (κ3) is 3.81. The number of aromatic nitrogens is 2. The zero-order valence-electron chi connectivity index (χ0n) is 13.1.